The lowest BCUT2D eigenvalue weighted by Gasteiger charge is -2.38. The van der Waals surface area contributed by atoms with Gasteiger partial charge in [0.25, 0.3) is 5.91 Å². The number of phenols is 1. The topological polar surface area (TPSA) is 111 Å². The summed E-state index contributed by atoms with van der Waals surface area (Å²) in [6, 6.07) is 31.4. The molecule has 4 aromatic carbocycles. The average Bonchev–Trinajstić information content (AvgIpc) is 3.04. The Morgan fingerprint density at radius 3 is 2.30 bits per heavy atom. The second-order valence-electron chi connectivity index (χ2n) is 11.0. The van der Waals surface area contributed by atoms with Crippen LogP contribution < -0.4 is 5.32 Å². The van der Waals surface area contributed by atoms with Crippen LogP contribution >= 0.6 is 0 Å². The first-order chi connectivity index (χ1) is 20.9. The SMILES string of the molecule is CN(C[C@H]1C[C@@H](c2ccc(CO)cc2)O[C@@H](c2ccc(CNC(=O)c3ccccc3)cc2)O1)C[C@@H](O)c1cccc(O)c1. The van der Waals surface area contributed by atoms with Crippen LogP contribution in [0.5, 0.6) is 5.75 Å². The Morgan fingerprint density at radius 2 is 1.60 bits per heavy atom. The number of aromatic hydroxyl groups is 1. The summed E-state index contributed by atoms with van der Waals surface area (Å²) in [5.41, 5.74) is 4.92. The fourth-order valence-electron chi connectivity index (χ4n) is 5.25. The van der Waals surface area contributed by atoms with Crippen molar-refractivity contribution < 1.29 is 29.6 Å². The molecule has 8 nitrogen and oxygen atoms in total. The molecule has 0 saturated carbocycles. The van der Waals surface area contributed by atoms with Gasteiger partial charge in [-0.3, -0.25) is 4.79 Å². The predicted octanol–water partition coefficient (Wildman–Crippen LogP) is 5.03. The van der Waals surface area contributed by atoms with Crippen molar-refractivity contribution in [2.45, 2.75) is 44.2 Å². The Bertz CT molecular complexity index is 1460. The number of ether oxygens (including phenoxy) is 2. The van der Waals surface area contributed by atoms with Gasteiger partial charge < -0.3 is 35.0 Å². The molecule has 0 aromatic heterocycles. The summed E-state index contributed by atoms with van der Waals surface area (Å²) >= 11 is 0. The number of hydrogen-bond donors (Lipinski definition) is 4. The molecular weight excluding hydrogens is 544 g/mol. The van der Waals surface area contributed by atoms with Crippen LogP contribution in [-0.4, -0.2) is 52.4 Å². The fraction of sp³-hybridized carbons (Fsp3) is 0.286. The minimum atomic E-state index is -0.760. The van der Waals surface area contributed by atoms with Crippen molar-refractivity contribution >= 4 is 5.91 Å². The maximum absolute atomic E-state index is 12.4. The third-order valence-electron chi connectivity index (χ3n) is 7.61. The maximum atomic E-state index is 12.4. The van der Waals surface area contributed by atoms with Crippen molar-refractivity contribution in [1.82, 2.24) is 10.2 Å². The number of nitrogens with zero attached hydrogens (tertiary/aromatic N) is 1. The number of carbonyl (C=O) groups is 1. The van der Waals surface area contributed by atoms with E-state index in [1.165, 1.54) is 0 Å². The van der Waals surface area contributed by atoms with E-state index < -0.39 is 12.4 Å². The molecule has 4 N–H and O–H groups in total. The number of aliphatic hydroxyl groups is 2. The van der Waals surface area contributed by atoms with E-state index in [0.717, 1.165) is 22.3 Å². The van der Waals surface area contributed by atoms with E-state index in [9.17, 15) is 20.1 Å². The van der Waals surface area contributed by atoms with Gasteiger partial charge in [-0.2, -0.15) is 0 Å². The first-order valence-electron chi connectivity index (χ1n) is 14.5. The Morgan fingerprint density at radius 1 is 0.907 bits per heavy atom. The minimum absolute atomic E-state index is 0.0232. The van der Waals surface area contributed by atoms with Gasteiger partial charge in [-0.25, -0.2) is 0 Å². The number of phenolic OH excluding ortho intramolecular Hbond substituents is 1. The van der Waals surface area contributed by atoms with Gasteiger partial charge in [0.1, 0.15) is 5.75 Å². The number of hydrogen-bond acceptors (Lipinski definition) is 7. The highest BCUT2D eigenvalue weighted by atomic mass is 16.7. The zero-order chi connectivity index (χ0) is 30.2. The molecule has 1 aliphatic heterocycles. The van der Waals surface area contributed by atoms with E-state index >= 15 is 0 Å². The molecule has 1 fully saturated rings. The van der Waals surface area contributed by atoms with Crippen LogP contribution in [0, 0.1) is 0 Å². The lowest BCUT2D eigenvalue weighted by atomic mass is 9.99. The average molecular weight is 583 g/mol. The molecule has 1 amide bonds. The molecule has 8 heteroatoms. The van der Waals surface area contributed by atoms with Crippen molar-refractivity contribution in [2.75, 3.05) is 20.1 Å². The van der Waals surface area contributed by atoms with E-state index in [0.29, 0.717) is 37.2 Å². The van der Waals surface area contributed by atoms with Gasteiger partial charge in [-0.05, 0) is 53.6 Å². The first-order valence-corrected chi connectivity index (χ1v) is 14.5. The summed E-state index contributed by atoms with van der Waals surface area (Å²) in [6.07, 6.45) is -1.17. The van der Waals surface area contributed by atoms with Gasteiger partial charge >= 0.3 is 0 Å². The Balaban J connectivity index is 1.26. The summed E-state index contributed by atoms with van der Waals surface area (Å²) in [5, 5.41) is 33.0. The third kappa shape index (κ3) is 8.28. The van der Waals surface area contributed by atoms with Crippen molar-refractivity contribution in [3.8, 4) is 5.75 Å². The van der Waals surface area contributed by atoms with Crippen molar-refractivity contribution in [3.63, 3.8) is 0 Å². The lowest BCUT2D eigenvalue weighted by molar-refractivity contribution is -0.252. The molecule has 0 spiro atoms. The molecule has 0 aliphatic carbocycles. The number of benzene rings is 4. The largest absolute Gasteiger partial charge is 0.508 e. The highest BCUT2D eigenvalue weighted by Crippen LogP contribution is 2.38. The molecule has 224 valence electrons. The molecule has 4 aromatic rings. The van der Waals surface area contributed by atoms with Crippen LogP contribution in [0.3, 0.4) is 0 Å². The zero-order valence-electron chi connectivity index (χ0n) is 24.2. The third-order valence-corrected chi connectivity index (χ3v) is 7.61. The Kier molecular flexibility index (Phi) is 10.2. The second kappa shape index (κ2) is 14.4. The minimum Gasteiger partial charge on any atom is -0.508 e. The smallest absolute Gasteiger partial charge is 0.251 e. The Hall–Kier alpha value is -4.05. The van der Waals surface area contributed by atoms with Crippen molar-refractivity contribution in [2.24, 2.45) is 0 Å². The summed E-state index contributed by atoms with van der Waals surface area (Å²) in [6.45, 7) is 1.30. The molecule has 5 rings (SSSR count). The maximum Gasteiger partial charge on any atom is 0.251 e. The number of likely N-dealkylation sites (N-methyl/N-ethyl adjacent to an activating group) is 1. The van der Waals surface area contributed by atoms with Crippen LogP contribution in [0.25, 0.3) is 0 Å². The summed E-state index contributed by atoms with van der Waals surface area (Å²) in [7, 11) is 1.93. The number of aliphatic hydroxyl groups excluding tert-OH is 2. The first kappa shape index (κ1) is 30.4. The molecule has 43 heavy (non-hydrogen) atoms. The van der Waals surface area contributed by atoms with E-state index in [-0.39, 0.29) is 30.5 Å². The van der Waals surface area contributed by atoms with E-state index in [2.05, 4.69) is 5.32 Å². The number of amides is 1. The van der Waals surface area contributed by atoms with Gasteiger partial charge in [-0.15, -0.1) is 0 Å². The van der Waals surface area contributed by atoms with E-state index in [4.69, 9.17) is 9.47 Å². The van der Waals surface area contributed by atoms with Gasteiger partial charge in [0, 0.05) is 37.2 Å². The quantitative estimate of drug-likeness (QED) is 0.196. The normalized spacial score (nSPS) is 19.2. The van der Waals surface area contributed by atoms with Crippen LogP contribution in [-0.2, 0) is 22.6 Å². The molecule has 0 bridgehead atoms. The van der Waals surface area contributed by atoms with Crippen molar-refractivity contribution in [3.05, 3.63) is 137 Å². The predicted molar refractivity (Wildman–Crippen MR) is 163 cm³/mol. The zero-order valence-corrected chi connectivity index (χ0v) is 24.2. The van der Waals surface area contributed by atoms with Gasteiger partial charge in [-0.1, -0.05) is 78.9 Å². The fourth-order valence-corrected chi connectivity index (χ4v) is 5.25. The highest BCUT2D eigenvalue weighted by molar-refractivity contribution is 5.94. The number of nitrogens with one attached hydrogen (secondary N) is 1. The van der Waals surface area contributed by atoms with E-state index in [1.54, 1.807) is 36.4 Å². The Labute approximate surface area is 252 Å². The molecule has 0 radical (unpaired) electrons. The molecule has 1 saturated heterocycles. The molecule has 4 atom stereocenters. The molecule has 0 unspecified atom stereocenters. The molecular formula is C35H38N2O6. The molecule has 1 aliphatic rings. The van der Waals surface area contributed by atoms with Gasteiger partial charge in [0.15, 0.2) is 6.29 Å². The summed E-state index contributed by atoms with van der Waals surface area (Å²) in [4.78, 5) is 14.5. The lowest BCUT2D eigenvalue weighted by Crippen LogP contribution is -2.39. The number of rotatable bonds is 11. The van der Waals surface area contributed by atoms with Gasteiger partial charge in [0.2, 0.25) is 0 Å². The van der Waals surface area contributed by atoms with Gasteiger partial charge in [0.05, 0.1) is 24.9 Å². The van der Waals surface area contributed by atoms with Crippen LogP contribution in [0.15, 0.2) is 103 Å². The monoisotopic (exact) mass is 582 g/mol. The second-order valence-corrected chi connectivity index (χ2v) is 11.0. The van der Waals surface area contributed by atoms with E-state index in [1.807, 2.05) is 78.7 Å². The number of carbonyl (C=O) groups excluding carboxylic acids is 1. The standard InChI is InChI=1S/C35H38N2O6/c1-37(22-32(40)29-8-5-9-30(39)18-29)21-31-19-33(26-14-12-25(23-38)13-15-26)43-35(42-31)28-16-10-24(11-17-28)20-36-34(41)27-6-3-2-4-7-27/h2-18,31-33,35,38-40H,19-23H2,1H3,(H,36,41)/t31-,32-,33+,35+/m1/s1. The van der Waals surface area contributed by atoms with Crippen molar-refractivity contribution in [1.29, 1.82) is 0 Å². The summed E-state index contributed by atoms with van der Waals surface area (Å²) < 4.78 is 12.9. The molecule has 1 heterocycles. The van der Waals surface area contributed by atoms with Crippen LogP contribution in [0.4, 0.5) is 0 Å². The van der Waals surface area contributed by atoms with Crippen LogP contribution in [0.1, 0.15) is 63.1 Å². The highest BCUT2D eigenvalue weighted by Gasteiger charge is 2.33. The summed E-state index contributed by atoms with van der Waals surface area (Å²) in [5.74, 6) is -0.00529. The van der Waals surface area contributed by atoms with Crippen LogP contribution in [0.2, 0.25) is 0 Å².